The highest BCUT2D eigenvalue weighted by molar-refractivity contribution is 4.86. The minimum atomic E-state index is 1.09. The van der Waals surface area contributed by atoms with Crippen molar-refractivity contribution in [3.8, 4) is 0 Å². The molecule has 0 aromatic heterocycles. The maximum Gasteiger partial charge on any atom is -0.0383 e. The second-order valence-corrected chi connectivity index (χ2v) is 8.22. The van der Waals surface area contributed by atoms with Crippen molar-refractivity contribution < 1.29 is 0 Å². The Balaban J connectivity index is 1.61. The topological polar surface area (TPSA) is 0 Å². The van der Waals surface area contributed by atoms with Crippen LogP contribution >= 0.6 is 0 Å². The van der Waals surface area contributed by atoms with Gasteiger partial charge in [0.05, 0.1) is 0 Å². The quantitative estimate of drug-likeness (QED) is 0.389. The molecule has 2 fully saturated rings. The highest BCUT2D eigenvalue weighted by atomic mass is 14.4. The third kappa shape index (κ3) is 5.95. The maximum atomic E-state index is 2.34. The Hall–Kier alpha value is 0. The number of rotatable bonds is 9. The molecule has 0 N–H and O–H groups in total. The average molecular weight is 293 g/mol. The van der Waals surface area contributed by atoms with Gasteiger partial charge in [-0.2, -0.15) is 0 Å². The van der Waals surface area contributed by atoms with Crippen molar-refractivity contribution in [2.45, 2.75) is 110 Å². The van der Waals surface area contributed by atoms with Gasteiger partial charge in [-0.05, 0) is 49.4 Å². The molecule has 0 saturated heterocycles. The van der Waals surface area contributed by atoms with E-state index < -0.39 is 0 Å². The number of hydrogen-bond acceptors (Lipinski definition) is 0. The first-order valence-electron chi connectivity index (χ1n) is 10.3. The lowest BCUT2D eigenvalue weighted by atomic mass is 9.63. The van der Waals surface area contributed by atoms with Crippen LogP contribution in [0.2, 0.25) is 0 Å². The van der Waals surface area contributed by atoms with Crippen LogP contribution in [0.15, 0.2) is 0 Å². The number of hydrogen-bond donors (Lipinski definition) is 0. The predicted molar refractivity (Wildman–Crippen MR) is 94.6 cm³/mol. The normalized spacial score (nSPS) is 32.9. The summed E-state index contributed by atoms with van der Waals surface area (Å²) in [6.07, 6.45) is 22.7. The molecule has 0 heteroatoms. The van der Waals surface area contributed by atoms with E-state index in [1.165, 1.54) is 51.4 Å². The smallest absolute Gasteiger partial charge is 0.0383 e. The van der Waals surface area contributed by atoms with Crippen LogP contribution in [0.3, 0.4) is 0 Å². The highest BCUT2D eigenvalue weighted by Gasteiger charge is 2.34. The summed E-state index contributed by atoms with van der Waals surface area (Å²) in [6, 6.07) is 0. The van der Waals surface area contributed by atoms with Crippen molar-refractivity contribution >= 4 is 0 Å². The van der Waals surface area contributed by atoms with Gasteiger partial charge in [-0.3, -0.25) is 0 Å². The lowest BCUT2D eigenvalue weighted by Crippen LogP contribution is -2.31. The molecule has 0 radical (unpaired) electrons. The van der Waals surface area contributed by atoms with Gasteiger partial charge in [-0.1, -0.05) is 84.5 Å². The molecule has 0 nitrogen and oxygen atoms in total. The van der Waals surface area contributed by atoms with Crippen molar-refractivity contribution in [1.82, 2.24) is 0 Å². The van der Waals surface area contributed by atoms with E-state index in [2.05, 4.69) is 13.8 Å². The van der Waals surface area contributed by atoms with Gasteiger partial charge in [0.2, 0.25) is 0 Å². The van der Waals surface area contributed by atoms with Gasteiger partial charge in [0.15, 0.2) is 0 Å². The molecule has 124 valence electrons. The van der Waals surface area contributed by atoms with Crippen LogP contribution in [0.1, 0.15) is 110 Å². The summed E-state index contributed by atoms with van der Waals surface area (Å²) in [5.74, 6) is 4.44. The molecule has 0 heterocycles. The second kappa shape index (κ2) is 9.90. The molecule has 0 aliphatic heterocycles. The molecule has 0 aromatic carbocycles. The van der Waals surface area contributed by atoms with Gasteiger partial charge in [0.25, 0.3) is 0 Å². The van der Waals surface area contributed by atoms with Gasteiger partial charge >= 0.3 is 0 Å². The first-order valence-corrected chi connectivity index (χ1v) is 10.3. The fourth-order valence-electron chi connectivity index (χ4n) is 5.14. The van der Waals surface area contributed by atoms with Crippen molar-refractivity contribution in [2.24, 2.45) is 23.7 Å². The van der Waals surface area contributed by atoms with Crippen molar-refractivity contribution in [2.75, 3.05) is 0 Å². The van der Waals surface area contributed by atoms with Crippen molar-refractivity contribution in [3.63, 3.8) is 0 Å². The summed E-state index contributed by atoms with van der Waals surface area (Å²) in [6.45, 7) is 4.66. The van der Waals surface area contributed by atoms with Gasteiger partial charge in [-0.25, -0.2) is 0 Å². The minimum Gasteiger partial charge on any atom is -0.0654 e. The second-order valence-electron chi connectivity index (χ2n) is 8.22. The van der Waals surface area contributed by atoms with E-state index in [9.17, 15) is 0 Å². The molecular formula is C21H40. The van der Waals surface area contributed by atoms with Crippen LogP contribution in [0, 0.1) is 23.7 Å². The Bertz CT molecular complexity index is 257. The van der Waals surface area contributed by atoms with Crippen molar-refractivity contribution in [1.29, 1.82) is 0 Å². The molecule has 2 unspecified atom stereocenters. The maximum absolute atomic E-state index is 2.34. The predicted octanol–water partition coefficient (Wildman–Crippen LogP) is 7.37. The molecule has 0 bridgehead atoms. The molecular weight excluding hydrogens is 252 g/mol. The van der Waals surface area contributed by atoms with E-state index in [0.717, 1.165) is 23.7 Å². The van der Waals surface area contributed by atoms with E-state index in [0.29, 0.717) is 0 Å². The average Bonchev–Trinajstić information content (AvgIpc) is 2.52. The molecule has 4 atom stereocenters. The summed E-state index contributed by atoms with van der Waals surface area (Å²) < 4.78 is 0. The van der Waals surface area contributed by atoms with Gasteiger partial charge in [0, 0.05) is 0 Å². The lowest BCUT2D eigenvalue weighted by Gasteiger charge is -2.42. The molecule has 0 aromatic rings. The fraction of sp³-hybridized carbons (Fsp3) is 1.00. The van der Waals surface area contributed by atoms with E-state index in [4.69, 9.17) is 0 Å². The Labute approximate surface area is 134 Å². The molecule has 0 spiro atoms. The van der Waals surface area contributed by atoms with E-state index in [1.807, 2.05) is 0 Å². The molecule has 2 saturated carbocycles. The largest absolute Gasteiger partial charge is 0.0654 e. The zero-order valence-corrected chi connectivity index (χ0v) is 14.9. The van der Waals surface area contributed by atoms with Crippen LogP contribution in [-0.4, -0.2) is 0 Å². The van der Waals surface area contributed by atoms with E-state index >= 15 is 0 Å². The third-order valence-corrected chi connectivity index (χ3v) is 6.51. The third-order valence-electron chi connectivity index (χ3n) is 6.51. The molecule has 2 rings (SSSR count). The Kier molecular flexibility index (Phi) is 8.19. The molecule has 21 heavy (non-hydrogen) atoms. The number of unbranched alkanes of at least 4 members (excludes halogenated alkanes) is 5. The highest BCUT2D eigenvalue weighted by Crippen LogP contribution is 2.46. The van der Waals surface area contributed by atoms with Gasteiger partial charge in [0.1, 0.15) is 0 Å². The summed E-state index contributed by atoms with van der Waals surface area (Å²) in [5.41, 5.74) is 0. The number of fused-ring (bicyclic) bond motifs is 1. The van der Waals surface area contributed by atoms with Crippen molar-refractivity contribution in [3.05, 3.63) is 0 Å². The minimum absolute atomic E-state index is 1.09. The van der Waals surface area contributed by atoms with Crippen LogP contribution in [0.25, 0.3) is 0 Å². The summed E-state index contributed by atoms with van der Waals surface area (Å²) in [5, 5.41) is 0. The van der Waals surface area contributed by atoms with Crippen LogP contribution in [-0.2, 0) is 0 Å². The Morgan fingerprint density at radius 2 is 1.10 bits per heavy atom. The first kappa shape index (κ1) is 17.4. The Morgan fingerprint density at radius 3 is 1.67 bits per heavy atom. The van der Waals surface area contributed by atoms with Crippen LogP contribution < -0.4 is 0 Å². The molecule has 2 aliphatic carbocycles. The molecule has 2 aliphatic rings. The van der Waals surface area contributed by atoms with E-state index in [-0.39, 0.29) is 0 Å². The van der Waals surface area contributed by atoms with Crippen LogP contribution in [0.4, 0.5) is 0 Å². The summed E-state index contributed by atoms with van der Waals surface area (Å²) in [7, 11) is 0. The summed E-state index contributed by atoms with van der Waals surface area (Å²) in [4.78, 5) is 0. The summed E-state index contributed by atoms with van der Waals surface area (Å²) >= 11 is 0. The Morgan fingerprint density at radius 1 is 0.571 bits per heavy atom. The fourth-order valence-corrected chi connectivity index (χ4v) is 5.14. The monoisotopic (exact) mass is 292 g/mol. The van der Waals surface area contributed by atoms with Gasteiger partial charge < -0.3 is 0 Å². The lowest BCUT2D eigenvalue weighted by molar-refractivity contribution is 0.0906. The van der Waals surface area contributed by atoms with Crippen LogP contribution in [0.5, 0.6) is 0 Å². The SMILES string of the molecule is CCCCCCC[C@@H]1CC[C@@H]2CC(CCCC)CCC2C1. The zero-order chi connectivity index (χ0) is 14.9. The van der Waals surface area contributed by atoms with Gasteiger partial charge in [-0.15, -0.1) is 0 Å². The van der Waals surface area contributed by atoms with E-state index in [1.54, 1.807) is 44.9 Å². The standard InChI is InChI=1S/C21H40/c1-3-5-7-8-9-11-19-13-15-20-16-18(10-6-4-2)12-14-21(20)17-19/h18-21H,3-17H2,1-2H3/t18?,19-,20-,21?/m1/s1. The molecule has 0 amide bonds. The zero-order valence-electron chi connectivity index (χ0n) is 14.9. The first-order chi connectivity index (χ1) is 10.3.